The summed E-state index contributed by atoms with van der Waals surface area (Å²) < 4.78 is 18.3. The van der Waals surface area contributed by atoms with E-state index in [1.807, 2.05) is 6.92 Å². The van der Waals surface area contributed by atoms with Gasteiger partial charge in [0.1, 0.15) is 11.7 Å². The molecule has 2 bridgehead atoms. The van der Waals surface area contributed by atoms with Crippen LogP contribution >= 0.6 is 0 Å². The highest BCUT2D eigenvalue weighted by Crippen LogP contribution is 2.71. The number of rotatable bonds is 2. The first kappa shape index (κ1) is 15.4. The minimum absolute atomic E-state index is 0.0242. The van der Waals surface area contributed by atoms with Crippen LogP contribution in [0.1, 0.15) is 47.0 Å². The fourth-order valence-electron chi connectivity index (χ4n) is 5.34. The highest BCUT2D eigenvalue weighted by atomic mass is 16.6. The molecule has 0 amide bonds. The molecule has 1 saturated carbocycles. The monoisotopic (exact) mass is 318 g/mol. The van der Waals surface area contributed by atoms with Crippen molar-refractivity contribution in [1.82, 2.24) is 0 Å². The van der Waals surface area contributed by atoms with Gasteiger partial charge in [-0.1, -0.05) is 31.6 Å². The second kappa shape index (κ2) is 4.70. The fourth-order valence-corrected chi connectivity index (χ4v) is 5.34. The number of hydrogen-bond donors (Lipinski definition) is 0. The Morgan fingerprint density at radius 1 is 1.43 bits per heavy atom. The van der Waals surface area contributed by atoms with E-state index in [4.69, 9.17) is 14.2 Å². The van der Waals surface area contributed by atoms with Crippen molar-refractivity contribution in [2.24, 2.45) is 10.8 Å². The molecule has 1 spiro atoms. The molecule has 3 fully saturated rings. The van der Waals surface area contributed by atoms with E-state index < -0.39 is 0 Å². The third kappa shape index (κ3) is 1.77. The van der Waals surface area contributed by atoms with Crippen molar-refractivity contribution in [2.75, 3.05) is 6.61 Å². The average molecular weight is 318 g/mol. The lowest BCUT2D eigenvalue weighted by molar-refractivity contribution is -0.209. The summed E-state index contributed by atoms with van der Waals surface area (Å²) in [6.45, 7) is 9.28. The molecule has 23 heavy (non-hydrogen) atoms. The quantitative estimate of drug-likeness (QED) is 0.340. The van der Waals surface area contributed by atoms with Gasteiger partial charge in [-0.2, -0.15) is 0 Å². The molecule has 0 aromatic carbocycles. The minimum Gasteiger partial charge on any atom is -0.458 e. The van der Waals surface area contributed by atoms with E-state index in [2.05, 4.69) is 26.8 Å². The van der Waals surface area contributed by atoms with Gasteiger partial charge in [0.05, 0.1) is 18.8 Å². The third-order valence-electron chi connectivity index (χ3n) is 7.09. The predicted molar refractivity (Wildman–Crippen MR) is 85.9 cm³/mol. The maximum absolute atomic E-state index is 12.1. The second-order valence-corrected chi connectivity index (χ2v) is 8.02. The van der Waals surface area contributed by atoms with Crippen molar-refractivity contribution in [3.8, 4) is 0 Å². The molecule has 0 N–H and O–H groups in total. The molecule has 4 nitrogen and oxygen atoms in total. The number of ether oxygens (including phenoxy) is 3. The summed E-state index contributed by atoms with van der Waals surface area (Å²) in [6, 6.07) is 0. The third-order valence-corrected chi connectivity index (χ3v) is 7.09. The Morgan fingerprint density at radius 2 is 2.17 bits per heavy atom. The van der Waals surface area contributed by atoms with Gasteiger partial charge in [0.25, 0.3) is 0 Å². The first-order valence-corrected chi connectivity index (χ1v) is 8.67. The van der Waals surface area contributed by atoms with Crippen molar-refractivity contribution in [2.45, 2.75) is 70.9 Å². The molecule has 2 heterocycles. The summed E-state index contributed by atoms with van der Waals surface area (Å²) in [5.41, 5.74) is 0.850. The Bertz CT molecular complexity index is 602. The van der Waals surface area contributed by atoms with E-state index in [1.54, 1.807) is 6.08 Å². The number of fused-ring (bicyclic) bond motifs is 2. The molecule has 126 valence electrons. The minimum atomic E-state index is -0.266. The van der Waals surface area contributed by atoms with Crippen LogP contribution in [0, 0.1) is 10.8 Å². The smallest absolute Gasteiger partial charge is 0.330 e. The summed E-state index contributed by atoms with van der Waals surface area (Å²) in [5, 5.41) is 0. The van der Waals surface area contributed by atoms with Gasteiger partial charge in [-0.25, -0.2) is 4.79 Å². The first-order chi connectivity index (χ1) is 10.9. The number of carbonyl (C=O) groups is 1. The Morgan fingerprint density at radius 3 is 2.83 bits per heavy atom. The van der Waals surface area contributed by atoms with Crippen LogP contribution in [0.25, 0.3) is 0 Å². The lowest BCUT2D eigenvalue weighted by Gasteiger charge is -2.57. The normalized spacial score (nSPS) is 50.8. The van der Waals surface area contributed by atoms with Crippen LogP contribution in [0.4, 0.5) is 0 Å². The van der Waals surface area contributed by atoms with Gasteiger partial charge in [0.2, 0.25) is 0 Å². The highest BCUT2D eigenvalue weighted by Gasteiger charge is 2.81. The van der Waals surface area contributed by atoms with Gasteiger partial charge >= 0.3 is 5.97 Å². The van der Waals surface area contributed by atoms with Crippen molar-refractivity contribution in [3.63, 3.8) is 0 Å². The van der Waals surface area contributed by atoms with E-state index in [-0.39, 0.29) is 40.7 Å². The zero-order valence-electron chi connectivity index (χ0n) is 14.4. The summed E-state index contributed by atoms with van der Waals surface area (Å²) >= 11 is 0. The van der Waals surface area contributed by atoms with Crippen LogP contribution in [-0.2, 0) is 19.0 Å². The molecule has 6 atom stereocenters. The molecule has 4 heteroatoms. The molecule has 2 aliphatic heterocycles. The van der Waals surface area contributed by atoms with Crippen LogP contribution in [0.5, 0.6) is 0 Å². The molecule has 2 aliphatic carbocycles. The molecule has 4 rings (SSSR count). The van der Waals surface area contributed by atoms with E-state index in [1.165, 1.54) is 11.6 Å². The molecule has 0 radical (unpaired) electrons. The van der Waals surface area contributed by atoms with Crippen LogP contribution in [0.3, 0.4) is 0 Å². The van der Waals surface area contributed by atoms with Gasteiger partial charge < -0.3 is 14.2 Å². The first-order valence-electron chi connectivity index (χ1n) is 8.67. The van der Waals surface area contributed by atoms with E-state index in [0.29, 0.717) is 0 Å². The van der Waals surface area contributed by atoms with Crippen LogP contribution in [-0.4, -0.2) is 36.5 Å². The topological polar surface area (TPSA) is 48.1 Å². The van der Waals surface area contributed by atoms with Crippen LogP contribution in [0.15, 0.2) is 23.8 Å². The summed E-state index contributed by atoms with van der Waals surface area (Å²) in [7, 11) is 0. The maximum atomic E-state index is 12.1. The standard InChI is InChI=1S/C19H26O4/c1-5-6-16(20)23-14-10-15-19(11-21-19)18(14,4)17(3)8-7-12(2)9-13(17)22-15/h5-6,9,13-15H,7-8,10-11H2,1-4H3. The van der Waals surface area contributed by atoms with Gasteiger partial charge in [0, 0.05) is 23.3 Å². The summed E-state index contributed by atoms with van der Waals surface area (Å²) in [5.74, 6) is -0.259. The lowest BCUT2D eigenvalue weighted by atomic mass is 9.52. The van der Waals surface area contributed by atoms with Gasteiger partial charge in [-0.3, -0.25) is 0 Å². The zero-order chi connectivity index (χ0) is 16.5. The summed E-state index contributed by atoms with van der Waals surface area (Å²) in [6.07, 6.45) is 8.32. The van der Waals surface area contributed by atoms with E-state index in [0.717, 1.165) is 25.9 Å². The molecular weight excluding hydrogens is 292 g/mol. The van der Waals surface area contributed by atoms with Gasteiger partial charge in [0.15, 0.2) is 0 Å². The van der Waals surface area contributed by atoms with Crippen molar-refractivity contribution >= 4 is 5.97 Å². The van der Waals surface area contributed by atoms with E-state index in [9.17, 15) is 4.79 Å². The van der Waals surface area contributed by atoms with Crippen molar-refractivity contribution in [1.29, 1.82) is 0 Å². The fraction of sp³-hybridized carbons (Fsp3) is 0.737. The van der Waals surface area contributed by atoms with E-state index >= 15 is 0 Å². The predicted octanol–water partition coefficient (Wildman–Crippen LogP) is 3.17. The second-order valence-electron chi connectivity index (χ2n) is 8.02. The van der Waals surface area contributed by atoms with Gasteiger partial charge in [-0.05, 0) is 26.7 Å². The Balaban J connectivity index is 1.75. The largest absolute Gasteiger partial charge is 0.458 e. The molecular formula is C19H26O4. The Kier molecular flexibility index (Phi) is 3.15. The van der Waals surface area contributed by atoms with Crippen LogP contribution < -0.4 is 0 Å². The van der Waals surface area contributed by atoms with Crippen LogP contribution in [0.2, 0.25) is 0 Å². The Hall–Kier alpha value is -1.13. The number of carbonyl (C=O) groups excluding carboxylic acids is 1. The number of hydrogen-bond acceptors (Lipinski definition) is 4. The Labute approximate surface area is 137 Å². The number of esters is 1. The average Bonchev–Trinajstić information content (AvgIpc) is 3.26. The molecule has 0 aromatic heterocycles. The summed E-state index contributed by atoms with van der Waals surface area (Å²) in [4.78, 5) is 12.1. The van der Waals surface area contributed by atoms with Crippen molar-refractivity contribution in [3.05, 3.63) is 23.8 Å². The molecule has 6 unspecified atom stereocenters. The SMILES string of the molecule is CC=CC(=O)OC1CC2OC3C=C(C)CCC3(C)C1(C)C21CO1. The zero-order valence-corrected chi connectivity index (χ0v) is 14.4. The lowest BCUT2D eigenvalue weighted by Crippen LogP contribution is -2.63. The number of allylic oxidation sites excluding steroid dienone is 2. The molecule has 0 aromatic rings. The molecule has 2 saturated heterocycles. The van der Waals surface area contributed by atoms with Gasteiger partial charge in [-0.15, -0.1) is 0 Å². The highest BCUT2D eigenvalue weighted by molar-refractivity contribution is 5.82. The molecule has 4 aliphatic rings. The number of epoxide rings is 1. The maximum Gasteiger partial charge on any atom is 0.330 e. The van der Waals surface area contributed by atoms with Crippen molar-refractivity contribution < 1.29 is 19.0 Å².